The molecule has 0 saturated carbocycles. The Morgan fingerprint density at radius 3 is 2.71 bits per heavy atom. The zero-order valence-electron chi connectivity index (χ0n) is 11.1. The summed E-state index contributed by atoms with van der Waals surface area (Å²) in [5.74, 6) is -0.427. The molecule has 0 aliphatic heterocycles. The third kappa shape index (κ3) is 3.33. The van der Waals surface area contributed by atoms with E-state index < -0.39 is 5.97 Å². The molecular formula is C15H11BrN2O3. The predicted molar refractivity (Wildman–Crippen MR) is 82.1 cm³/mol. The molecule has 0 aliphatic carbocycles. The number of rotatable bonds is 4. The maximum absolute atomic E-state index is 11.1. The number of hydrogen-bond donors (Lipinski definition) is 2. The van der Waals surface area contributed by atoms with Crippen LogP contribution in [0.15, 0.2) is 40.9 Å². The minimum atomic E-state index is -1.03. The molecule has 21 heavy (non-hydrogen) atoms. The first-order valence-electron chi connectivity index (χ1n) is 5.93. The summed E-state index contributed by atoms with van der Waals surface area (Å²) in [6.07, 6.45) is 0. The van der Waals surface area contributed by atoms with Gasteiger partial charge >= 0.3 is 5.97 Å². The Morgan fingerprint density at radius 2 is 2.10 bits per heavy atom. The van der Waals surface area contributed by atoms with Crippen LogP contribution in [0.2, 0.25) is 0 Å². The highest BCUT2D eigenvalue weighted by atomic mass is 79.9. The van der Waals surface area contributed by atoms with E-state index in [0.29, 0.717) is 27.2 Å². The lowest BCUT2D eigenvalue weighted by molar-refractivity contribution is 0.0696. The topological polar surface area (TPSA) is 82.3 Å². The third-order valence-corrected chi connectivity index (χ3v) is 3.51. The molecular weight excluding hydrogens is 336 g/mol. The lowest BCUT2D eigenvalue weighted by atomic mass is 10.1. The average Bonchev–Trinajstić information content (AvgIpc) is 2.48. The number of anilines is 2. The molecule has 6 heteroatoms. The third-order valence-electron chi connectivity index (χ3n) is 2.82. The molecule has 0 heterocycles. The fraction of sp³-hybridized carbons (Fsp3) is 0.0667. The zero-order valence-corrected chi connectivity index (χ0v) is 12.6. The van der Waals surface area contributed by atoms with Gasteiger partial charge < -0.3 is 15.2 Å². The fourth-order valence-electron chi connectivity index (χ4n) is 1.77. The van der Waals surface area contributed by atoms with Crippen molar-refractivity contribution in [2.45, 2.75) is 0 Å². The number of carbonyl (C=O) groups is 1. The SMILES string of the molecule is COc1ccc(C#N)c(Nc2ccc(Br)c(C(=O)O)c2)c1. The fourth-order valence-corrected chi connectivity index (χ4v) is 2.19. The number of halogens is 1. The van der Waals surface area contributed by atoms with Crippen molar-refractivity contribution in [2.75, 3.05) is 12.4 Å². The van der Waals surface area contributed by atoms with Gasteiger partial charge in [0.15, 0.2) is 0 Å². The van der Waals surface area contributed by atoms with E-state index in [1.54, 1.807) is 30.3 Å². The second kappa shape index (κ2) is 6.29. The first-order chi connectivity index (χ1) is 10.0. The molecule has 0 radical (unpaired) electrons. The number of aromatic carboxylic acids is 1. The van der Waals surface area contributed by atoms with E-state index in [1.165, 1.54) is 13.2 Å². The largest absolute Gasteiger partial charge is 0.497 e. The van der Waals surface area contributed by atoms with E-state index in [1.807, 2.05) is 0 Å². The molecule has 0 bridgehead atoms. The van der Waals surface area contributed by atoms with Crippen molar-refractivity contribution in [2.24, 2.45) is 0 Å². The van der Waals surface area contributed by atoms with E-state index >= 15 is 0 Å². The van der Waals surface area contributed by atoms with E-state index in [0.717, 1.165) is 0 Å². The number of ether oxygens (including phenoxy) is 1. The van der Waals surface area contributed by atoms with Crippen LogP contribution in [0.4, 0.5) is 11.4 Å². The van der Waals surface area contributed by atoms with E-state index in [9.17, 15) is 4.79 Å². The number of hydrogen-bond acceptors (Lipinski definition) is 4. The maximum Gasteiger partial charge on any atom is 0.336 e. The molecule has 0 atom stereocenters. The van der Waals surface area contributed by atoms with E-state index in [-0.39, 0.29) is 5.56 Å². The van der Waals surface area contributed by atoms with Gasteiger partial charge in [0.25, 0.3) is 0 Å². The molecule has 106 valence electrons. The standard InChI is InChI=1S/C15H11BrN2O3/c1-21-11-4-2-9(8-17)14(7-11)18-10-3-5-13(16)12(6-10)15(19)20/h2-7,18H,1H3,(H,19,20). The quantitative estimate of drug-likeness (QED) is 0.880. The van der Waals surface area contributed by atoms with Gasteiger partial charge in [0, 0.05) is 16.2 Å². The Balaban J connectivity index is 2.40. The number of benzene rings is 2. The Labute approximate surface area is 129 Å². The summed E-state index contributed by atoms with van der Waals surface area (Å²) in [7, 11) is 1.54. The summed E-state index contributed by atoms with van der Waals surface area (Å²) >= 11 is 3.19. The minimum Gasteiger partial charge on any atom is -0.497 e. The number of nitrogens with zero attached hydrogens (tertiary/aromatic N) is 1. The Kier molecular flexibility index (Phi) is 4.45. The molecule has 0 unspecified atom stereocenters. The molecule has 0 spiro atoms. The highest BCUT2D eigenvalue weighted by Gasteiger charge is 2.10. The molecule has 2 rings (SSSR count). The summed E-state index contributed by atoms with van der Waals surface area (Å²) in [4.78, 5) is 11.1. The highest BCUT2D eigenvalue weighted by molar-refractivity contribution is 9.10. The molecule has 0 amide bonds. The number of carboxylic acid groups (broad SMARTS) is 1. The maximum atomic E-state index is 11.1. The molecule has 0 aliphatic rings. The first-order valence-corrected chi connectivity index (χ1v) is 6.72. The summed E-state index contributed by atoms with van der Waals surface area (Å²) < 4.78 is 5.61. The predicted octanol–water partition coefficient (Wildman–Crippen LogP) is 3.77. The smallest absolute Gasteiger partial charge is 0.336 e. The number of carboxylic acids is 1. The summed E-state index contributed by atoms with van der Waals surface area (Å²) in [5, 5.41) is 21.3. The second-order valence-corrected chi connectivity index (χ2v) is 5.00. The van der Waals surface area contributed by atoms with Gasteiger partial charge in [-0.2, -0.15) is 5.26 Å². The van der Waals surface area contributed by atoms with Crippen LogP contribution in [-0.2, 0) is 0 Å². The second-order valence-electron chi connectivity index (χ2n) is 4.15. The molecule has 2 aromatic carbocycles. The van der Waals surface area contributed by atoms with E-state index in [4.69, 9.17) is 15.1 Å². The van der Waals surface area contributed by atoms with Gasteiger partial charge in [-0.15, -0.1) is 0 Å². The molecule has 0 saturated heterocycles. The number of nitriles is 1. The van der Waals surface area contributed by atoms with Crippen LogP contribution < -0.4 is 10.1 Å². The lowest BCUT2D eigenvalue weighted by Gasteiger charge is -2.11. The molecule has 0 aromatic heterocycles. The van der Waals surface area contributed by atoms with Gasteiger partial charge in [-0.1, -0.05) is 0 Å². The summed E-state index contributed by atoms with van der Waals surface area (Å²) in [6.45, 7) is 0. The van der Waals surface area contributed by atoms with Crippen molar-refractivity contribution >= 4 is 33.3 Å². The van der Waals surface area contributed by atoms with Crippen LogP contribution >= 0.6 is 15.9 Å². The van der Waals surface area contributed by atoms with Gasteiger partial charge in [-0.3, -0.25) is 0 Å². The molecule has 2 aromatic rings. The van der Waals surface area contributed by atoms with Crippen molar-refractivity contribution in [3.05, 3.63) is 52.0 Å². The van der Waals surface area contributed by atoms with Crippen molar-refractivity contribution in [1.29, 1.82) is 5.26 Å². The van der Waals surface area contributed by atoms with Crippen LogP contribution in [-0.4, -0.2) is 18.2 Å². The summed E-state index contributed by atoms with van der Waals surface area (Å²) in [5.41, 5.74) is 1.70. The molecule has 2 N–H and O–H groups in total. The Bertz CT molecular complexity index is 738. The van der Waals surface area contributed by atoms with Crippen molar-refractivity contribution < 1.29 is 14.6 Å². The van der Waals surface area contributed by atoms with Crippen LogP contribution in [0.3, 0.4) is 0 Å². The van der Waals surface area contributed by atoms with Crippen LogP contribution in [0, 0.1) is 11.3 Å². The van der Waals surface area contributed by atoms with E-state index in [2.05, 4.69) is 27.3 Å². The average molecular weight is 347 g/mol. The Morgan fingerprint density at radius 1 is 1.33 bits per heavy atom. The normalized spacial score (nSPS) is 9.76. The van der Waals surface area contributed by atoms with Gasteiger partial charge in [-0.05, 0) is 46.3 Å². The van der Waals surface area contributed by atoms with Crippen molar-refractivity contribution in [3.63, 3.8) is 0 Å². The van der Waals surface area contributed by atoms with Crippen LogP contribution in [0.25, 0.3) is 0 Å². The molecule has 0 fully saturated rings. The molecule has 5 nitrogen and oxygen atoms in total. The van der Waals surface area contributed by atoms with Gasteiger partial charge in [-0.25, -0.2) is 4.79 Å². The monoisotopic (exact) mass is 346 g/mol. The van der Waals surface area contributed by atoms with Crippen molar-refractivity contribution in [3.8, 4) is 11.8 Å². The number of nitrogens with one attached hydrogen (secondary N) is 1. The summed E-state index contributed by atoms with van der Waals surface area (Å²) in [6, 6.07) is 11.9. The lowest BCUT2D eigenvalue weighted by Crippen LogP contribution is -2.00. The van der Waals surface area contributed by atoms with Crippen molar-refractivity contribution in [1.82, 2.24) is 0 Å². The first kappa shape index (κ1) is 14.9. The van der Waals surface area contributed by atoms with Crippen LogP contribution in [0.1, 0.15) is 15.9 Å². The highest BCUT2D eigenvalue weighted by Crippen LogP contribution is 2.28. The zero-order chi connectivity index (χ0) is 15.4. The number of methoxy groups -OCH3 is 1. The minimum absolute atomic E-state index is 0.140. The van der Waals surface area contributed by atoms with Crippen LogP contribution in [0.5, 0.6) is 5.75 Å². The van der Waals surface area contributed by atoms with Gasteiger partial charge in [0.1, 0.15) is 11.8 Å². The van der Waals surface area contributed by atoms with Gasteiger partial charge in [0.05, 0.1) is 23.9 Å². The Hall–Kier alpha value is -2.52. The van der Waals surface area contributed by atoms with Gasteiger partial charge in [0.2, 0.25) is 0 Å².